The molecule has 2 fully saturated rings. The highest BCUT2D eigenvalue weighted by molar-refractivity contribution is 9.10. The number of halogens is 2. The number of carbonyl (C=O) groups is 1. The molecule has 0 saturated carbocycles. The van der Waals surface area contributed by atoms with Gasteiger partial charge in [-0.05, 0) is 50.4 Å². The van der Waals surface area contributed by atoms with E-state index in [-0.39, 0.29) is 24.4 Å². The predicted octanol–water partition coefficient (Wildman–Crippen LogP) is 5.38. The van der Waals surface area contributed by atoms with Gasteiger partial charge in [-0.25, -0.2) is 0 Å². The van der Waals surface area contributed by atoms with Gasteiger partial charge in [0.15, 0.2) is 0 Å². The third-order valence-electron chi connectivity index (χ3n) is 6.87. The van der Waals surface area contributed by atoms with Crippen molar-refractivity contribution in [2.45, 2.75) is 43.8 Å². The second kappa shape index (κ2) is 8.37. The number of nitrogens with one attached hydrogen (secondary N) is 1. The highest BCUT2D eigenvalue weighted by Crippen LogP contribution is 2.37. The maximum absolute atomic E-state index is 13.6. The summed E-state index contributed by atoms with van der Waals surface area (Å²) >= 11 is 3.58. The van der Waals surface area contributed by atoms with Crippen LogP contribution in [0.4, 0.5) is 0 Å². The van der Waals surface area contributed by atoms with Crippen LogP contribution in [0.5, 0.6) is 0 Å². The van der Waals surface area contributed by atoms with Crippen molar-refractivity contribution >= 4 is 45.1 Å². The van der Waals surface area contributed by atoms with Crippen LogP contribution in [0.2, 0.25) is 0 Å². The SMILES string of the molecule is CN1C2CCC1CC(NC(=O)c1c(-c3ccccc3)n(C)c3cc(Br)ccc13)C2.Cl. The lowest BCUT2D eigenvalue weighted by Crippen LogP contribution is -2.48. The first kappa shape index (κ1) is 21.4. The van der Waals surface area contributed by atoms with Crippen LogP contribution in [0.1, 0.15) is 36.0 Å². The van der Waals surface area contributed by atoms with Gasteiger partial charge in [0.2, 0.25) is 0 Å². The van der Waals surface area contributed by atoms with Crippen molar-refractivity contribution in [2.24, 2.45) is 7.05 Å². The second-order valence-electron chi connectivity index (χ2n) is 8.50. The predicted molar refractivity (Wildman–Crippen MR) is 128 cm³/mol. The second-order valence-corrected chi connectivity index (χ2v) is 9.42. The number of amides is 1. The molecule has 5 rings (SSSR count). The summed E-state index contributed by atoms with van der Waals surface area (Å²) in [5.41, 5.74) is 3.89. The van der Waals surface area contributed by atoms with Crippen molar-refractivity contribution in [2.75, 3.05) is 7.05 Å². The lowest BCUT2D eigenvalue weighted by Gasteiger charge is -2.36. The Morgan fingerprint density at radius 2 is 1.70 bits per heavy atom. The van der Waals surface area contributed by atoms with E-state index in [1.54, 1.807) is 0 Å². The summed E-state index contributed by atoms with van der Waals surface area (Å²) in [6.07, 6.45) is 4.61. The Bertz CT molecular complexity index is 1070. The van der Waals surface area contributed by atoms with E-state index < -0.39 is 0 Å². The third kappa shape index (κ3) is 3.57. The summed E-state index contributed by atoms with van der Waals surface area (Å²) in [6.45, 7) is 0. The van der Waals surface area contributed by atoms with E-state index in [9.17, 15) is 4.79 Å². The fourth-order valence-electron chi connectivity index (χ4n) is 5.36. The van der Waals surface area contributed by atoms with Crippen molar-refractivity contribution in [3.63, 3.8) is 0 Å². The summed E-state index contributed by atoms with van der Waals surface area (Å²) in [5, 5.41) is 4.40. The van der Waals surface area contributed by atoms with E-state index in [1.807, 2.05) is 31.3 Å². The molecule has 4 nitrogen and oxygen atoms in total. The van der Waals surface area contributed by atoms with Gasteiger partial charge in [0.05, 0.1) is 16.8 Å². The number of carbonyl (C=O) groups excluding carboxylic acids is 1. The number of aromatic nitrogens is 1. The minimum Gasteiger partial charge on any atom is -0.349 e. The molecular weight excluding hydrogens is 462 g/mol. The zero-order valence-electron chi connectivity index (χ0n) is 17.3. The van der Waals surface area contributed by atoms with Gasteiger partial charge in [0.25, 0.3) is 5.91 Å². The van der Waals surface area contributed by atoms with Gasteiger partial charge in [-0.15, -0.1) is 12.4 Å². The van der Waals surface area contributed by atoms with Crippen LogP contribution in [0, 0.1) is 0 Å². The Morgan fingerprint density at radius 3 is 2.37 bits per heavy atom. The highest BCUT2D eigenvalue weighted by Gasteiger charge is 2.39. The van der Waals surface area contributed by atoms with Gasteiger partial charge in [-0.2, -0.15) is 0 Å². The summed E-state index contributed by atoms with van der Waals surface area (Å²) < 4.78 is 3.16. The molecule has 2 aliphatic rings. The van der Waals surface area contributed by atoms with E-state index in [1.165, 1.54) is 12.8 Å². The first-order valence-corrected chi connectivity index (χ1v) is 11.2. The molecule has 2 aliphatic heterocycles. The Labute approximate surface area is 192 Å². The average molecular weight is 489 g/mol. The lowest BCUT2D eigenvalue weighted by molar-refractivity contribution is 0.0884. The monoisotopic (exact) mass is 487 g/mol. The van der Waals surface area contributed by atoms with Gasteiger partial charge in [0.1, 0.15) is 0 Å². The van der Waals surface area contributed by atoms with Gasteiger partial charge < -0.3 is 14.8 Å². The summed E-state index contributed by atoms with van der Waals surface area (Å²) in [4.78, 5) is 16.1. The molecule has 2 unspecified atom stereocenters. The van der Waals surface area contributed by atoms with Gasteiger partial charge in [-0.1, -0.05) is 52.3 Å². The summed E-state index contributed by atoms with van der Waals surface area (Å²) in [7, 11) is 4.28. The van der Waals surface area contributed by atoms with E-state index >= 15 is 0 Å². The van der Waals surface area contributed by atoms with Crippen LogP contribution in [-0.4, -0.2) is 40.5 Å². The van der Waals surface area contributed by atoms with Crippen LogP contribution in [0.3, 0.4) is 0 Å². The molecule has 1 aromatic heterocycles. The van der Waals surface area contributed by atoms with Crippen molar-refractivity contribution in [1.82, 2.24) is 14.8 Å². The van der Waals surface area contributed by atoms with E-state index in [0.717, 1.165) is 45.0 Å². The average Bonchev–Trinajstić information content (AvgIpc) is 3.10. The number of rotatable bonds is 3. The Morgan fingerprint density at radius 1 is 1.03 bits per heavy atom. The Balaban J connectivity index is 0.00000218. The third-order valence-corrected chi connectivity index (χ3v) is 7.36. The molecule has 1 amide bonds. The molecule has 0 aliphatic carbocycles. The number of fused-ring (bicyclic) bond motifs is 3. The van der Waals surface area contributed by atoms with Gasteiger partial charge in [-0.3, -0.25) is 4.79 Å². The molecule has 30 heavy (non-hydrogen) atoms. The van der Waals surface area contributed by atoms with Gasteiger partial charge in [0, 0.05) is 35.0 Å². The minimum absolute atomic E-state index is 0. The van der Waals surface area contributed by atoms with Crippen LogP contribution in [-0.2, 0) is 7.05 Å². The van der Waals surface area contributed by atoms with Crippen molar-refractivity contribution in [1.29, 1.82) is 0 Å². The van der Waals surface area contributed by atoms with Crippen molar-refractivity contribution < 1.29 is 4.79 Å². The standard InChI is InChI=1S/C24H26BrN3O.ClH/c1-27-18-9-10-19(27)14-17(13-18)26-24(29)22-20-11-8-16(25)12-21(20)28(2)23(22)15-6-4-3-5-7-15;/h3-8,11-12,17-19H,9-10,13-14H2,1-2H3,(H,26,29);1H. The number of hydrogen-bond acceptors (Lipinski definition) is 2. The number of nitrogens with zero attached hydrogens (tertiary/aromatic N) is 2. The van der Waals surface area contributed by atoms with Crippen LogP contribution < -0.4 is 5.32 Å². The zero-order chi connectivity index (χ0) is 20.1. The fraction of sp³-hybridized carbons (Fsp3) is 0.375. The van der Waals surface area contributed by atoms with Crippen molar-refractivity contribution in [3.8, 4) is 11.3 Å². The molecule has 2 aromatic carbocycles. The first-order chi connectivity index (χ1) is 14.0. The number of aryl methyl sites for hydroxylation is 1. The molecule has 2 atom stereocenters. The maximum atomic E-state index is 13.6. The molecule has 1 N–H and O–H groups in total. The number of piperidine rings is 1. The van der Waals surface area contributed by atoms with E-state index in [0.29, 0.717) is 12.1 Å². The largest absolute Gasteiger partial charge is 0.349 e. The normalized spacial score (nSPS) is 23.4. The summed E-state index contributed by atoms with van der Waals surface area (Å²) in [6, 6.07) is 17.9. The number of benzene rings is 2. The van der Waals surface area contributed by atoms with E-state index in [2.05, 4.69) is 62.0 Å². The topological polar surface area (TPSA) is 37.3 Å². The van der Waals surface area contributed by atoms with Crippen LogP contribution in [0.25, 0.3) is 22.2 Å². The molecule has 3 heterocycles. The zero-order valence-corrected chi connectivity index (χ0v) is 19.7. The first-order valence-electron chi connectivity index (χ1n) is 10.4. The minimum atomic E-state index is 0. The van der Waals surface area contributed by atoms with E-state index in [4.69, 9.17) is 0 Å². The molecule has 3 aromatic rings. The Kier molecular flexibility index (Phi) is 5.97. The maximum Gasteiger partial charge on any atom is 0.254 e. The molecule has 2 bridgehead atoms. The smallest absolute Gasteiger partial charge is 0.254 e. The summed E-state index contributed by atoms with van der Waals surface area (Å²) in [5.74, 6) is 0.0470. The lowest BCUT2D eigenvalue weighted by atomic mass is 9.97. The molecule has 0 spiro atoms. The molecule has 2 saturated heterocycles. The van der Waals surface area contributed by atoms with Crippen LogP contribution in [0.15, 0.2) is 53.0 Å². The quantitative estimate of drug-likeness (QED) is 0.537. The van der Waals surface area contributed by atoms with Gasteiger partial charge >= 0.3 is 0 Å². The molecule has 0 radical (unpaired) electrons. The molecule has 158 valence electrons. The molecular formula is C24H27BrClN3O. The highest BCUT2D eigenvalue weighted by atomic mass is 79.9. The Hall–Kier alpha value is -1.82. The number of hydrogen-bond donors (Lipinski definition) is 1. The van der Waals surface area contributed by atoms with Crippen LogP contribution >= 0.6 is 28.3 Å². The van der Waals surface area contributed by atoms with Crippen molar-refractivity contribution in [3.05, 3.63) is 58.6 Å². The molecule has 6 heteroatoms. The fourth-order valence-corrected chi connectivity index (χ4v) is 5.71.